The van der Waals surface area contributed by atoms with E-state index < -0.39 is 41.2 Å². The van der Waals surface area contributed by atoms with Gasteiger partial charge in [-0.1, -0.05) is 32.8 Å². The molecule has 33 heavy (non-hydrogen) atoms. The Morgan fingerprint density at radius 3 is 2.36 bits per heavy atom. The average molecular weight is 473 g/mol. The number of anilines is 1. The highest BCUT2D eigenvalue weighted by molar-refractivity contribution is 5.95. The number of rotatable bonds is 8. The Hall–Kier alpha value is -2.16. The number of carbonyl (C=O) groups excluding carboxylic acids is 1. The van der Waals surface area contributed by atoms with E-state index in [4.69, 9.17) is 0 Å². The molecule has 2 fully saturated rings. The Bertz CT molecular complexity index is 862. The molecule has 5 nitrogen and oxygen atoms in total. The highest BCUT2D eigenvalue weighted by Crippen LogP contribution is 2.44. The predicted molar refractivity (Wildman–Crippen MR) is 116 cm³/mol. The van der Waals surface area contributed by atoms with Gasteiger partial charge in [-0.3, -0.25) is 14.5 Å². The molecule has 2 atom stereocenters. The van der Waals surface area contributed by atoms with Crippen LogP contribution in [0, 0.1) is 23.1 Å². The van der Waals surface area contributed by atoms with Crippen LogP contribution in [0.3, 0.4) is 0 Å². The number of aliphatic carboxylic acids is 1. The van der Waals surface area contributed by atoms with E-state index >= 15 is 0 Å². The number of likely N-dealkylation sites (tertiary alicyclic amines) is 1. The highest BCUT2D eigenvalue weighted by atomic mass is 19.4. The van der Waals surface area contributed by atoms with Crippen molar-refractivity contribution >= 4 is 17.6 Å². The number of amides is 1. The minimum atomic E-state index is -4.58. The minimum Gasteiger partial charge on any atom is -0.481 e. The molecule has 0 aromatic heterocycles. The van der Waals surface area contributed by atoms with Gasteiger partial charge in [0.1, 0.15) is 11.9 Å². The Labute approximate surface area is 191 Å². The molecule has 0 bridgehead atoms. The number of hydrogen-bond acceptors (Lipinski definition) is 3. The Morgan fingerprint density at radius 1 is 1.24 bits per heavy atom. The molecule has 184 valence electrons. The van der Waals surface area contributed by atoms with E-state index in [1.165, 1.54) is 12.1 Å². The summed E-state index contributed by atoms with van der Waals surface area (Å²) in [7, 11) is 0. The van der Waals surface area contributed by atoms with Gasteiger partial charge in [-0.05, 0) is 68.8 Å². The molecular weight excluding hydrogens is 440 g/mol. The fraction of sp³-hybridized carbons (Fsp3) is 0.667. The van der Waals surface area contributed by atoms with E-state index in [-0.39, 0.29) is 12.1 Å². The molecule has 9 heteroatoms. The summed E-state index contributed by atoms with van der Waals surface area (Å²) in [4.78, 5) is 26.3. The number of carbonyl (C=O) groups is 2. The van der Waals surface area contributed by atoms with Crippen molar-refractivity contribution in [2.24, 2.45) is 17.3 Å². The first-order chi connectivity index (χ1) is 15.5. The Morgan fingerprint density at radius 2 is 1.88 bits per heavy atom. The zero-order valence-electron chi connectivity index (χ0n) is 19.1. The minimum absolute atomic E-state index is 0.179. The second-order valence-electron chi connectivity index (χ2n) is 9.58. The second kappa shape index (κ2) is 9.99. The van der Waals surface area contributed by atoms with Gasteiger partial charge >= 0.3 is 12.1 Å². The van der Waals surface area contributed by atoms with Crippen molar-refractivity contribution in [3.8, 4) is 0 Å². The molecule has 0 radical (unpaired) electrons. The van der Waals surface area contributed by atoms with Crippen LogP contribution >= 0.6 is 0 Å². The van der Waals surface area contributed by atoms with Crippen LogP contribution in [0.1, 0.15) is 57.9 Å². The van der Waals surface area contributed by atoms with E-state index in [2.05, 4.69) is 5.32 Å². The SMILES string of the molecule is CCC1CCN([C@H](C(=O)Nc2cc(CC3(C(=O)O)CCC3)ccc2F)[C@H](C)C(F)(F)F)CC1. The van der Waals surface area contributed by atoms with Gasteiger partial charge in [-0.25, -0.2) is 4.39 Å². The highest BCUT2D eigenvalue weighted by Gasteiger charge is 2.47. The number of hydrogen-bond donors (Lipinski definition) is 2. The van der Waals surface area contributed by atoms with Gasteiger partial charge < -0.3 is 10.4 Å². The number of carboxylic acids is 1. The largest absolute Gasteiger partial charge is 0.481 e. The summed E-state index contributed by atoms with van der Waals surface area (Å²) < 4.78 is 55.3. The van der Waals surface area contributed by atoms with Gasteiger partial charge in [0.05, 0.1) is 17.0 Å². The smallest absolute Gasteiger partial charge is 0.393 e. The number of piperidine rings is 1. The maximum absolute atomic E-state index is 14.5. The van der Waals surface area contributed by atoms with Crippen LogP contribution in [-0.4, -0.2) is 47.2 Å². The van der Waals surface area contributed by atoms with E-state index in [0.717, 1.165) is 25.8 Å². The summed E-state index contributed by atoms with van der Waals surface area (Å²) in [5, 5.41) is 11.9. The standard InChI is InChI=1S/C24H32F4N2O3/c1-3-16-7-11-30(12-8-16)20(15(2)24(26,27)28)21(31)29-19-13-17(5-6-18(19)25)14-23(22(32)33)9-4-10-23/h5-6,13,15-16,20H,3-4,7-12,14H2,1-2H3,(H,29,31)(H,32,33)/t15-,20-/m0/s1. The molecule has 1 saturated heterocycles. The molecular formula is C24H32F4N2O3. The third kappa shape index (κ3) is 5.67. The lowest BCUT2D eigenvalue weighted by molar-refractivity contribution is -0.189. The Balaban J connectivity index is 1.80. The van der Waals surface area contributed by atoms with E-state index in [1.807, 2.05) is 6.92 Å². The van der Waals surface area contributed by atoms with E-state index in [0.29, 0.717) is 50.3 Å². The van der Waals surface area contributed by atoms with Gasteiger partial charge in [-0.2, -0.15) is 13.2 Å². The van der Waals surface area contributed by atoms with E-state index in [1.54, 1.807) is 4.90 Å². The third-order valence-corrected chi connectivity index (χ3v) is 7.47. The Kier molecular flexibility index (Phi) is 7.71. The number of alkyl halides is 3. The zero-order chi connectivity index (χ0) is 24.4. The van der Waals surface area contributed by atoms with E-state index in [9.17, 15) is 32.3 Å². The number of benzene rings is 1. The summed E-state index contributed by atoms with van der Waals surface area (Å²) >= 11 is 0. The molecule has 1 saturated carbocycles. The van der Waals surface area contributed by atoms with Gasteiger partial charge in [0.25, 0.3) is 0 Å². The van der Waals surface area contributed by atoms with Crippen molar-refractivity contribution in [1.29, 1.82) is 0 Å². The van der Waals surface area contributed by atoms with Crippen molar-refractivity contribution < 1.29 is 32.3 Å². The predicted octanol–water partition coefficient (Wildman–Crippen LogP) is 5.25. The van der Waals surface area contributed by atoms with Gasteiger partial charge in [0.15, 0.2) is 0 Å². The number of carboxylic acid groups (broad SMARTS) is 1. The van der Waals surface area contributed by atoms with Crippen LogP contribution < -0.4 is 5.32 Å². The molecule has 1 amide bonds. The van der Waals surface area contributed by atoms with Gasteiger partial charge in [-0.15, -0.1) is 0 Å². The van der Waals surface area contributed by atoms with Crippen LogP contribution in [0.5, 0.6) is 0 Å². The summed E-state index contributed by atoms with van der Waals surface area (Å²) in [5.41, 5.74) is -0.603. The number of nitrogens with zero attached hydrogens (tertiary/aromatic N) is 1. The fourth-order valence-electron chi connectivity index (χ4n) is 4.97. The maximum Gasteiger partial charge on any atom is 0.393 e. The van der Waals surface area contributed by atoms with Crippen molar-refractivity contribution in [3.05, 3.63) is 29.6 Å². The summed E-state index contributed by atoms with van der Waals surface area (Å²) in [6.07, 6.45) is -0.211. The van der Waals surface area contributed by atoms with Crippen LogP contribution in [0.25, 0.3) is 0 Å². The summed E-state index contributed by atoms with van der Waals surface area (Å²) in [6.45, 7) is 3.77. The van der Waals surface area contributed by atoms with Crippen LogP contribution in [0.2, 0.25) is 0 Å². The van der Waals surface area contributed by atoms with Crippen LogP contribution in [0.15, 0.2) is 18.2 Å². The lowest BCUT2D eigenvalue weighted by Gasteiger charge is -2.39. The normalized spacial score (nSPS) is 21.2. The van der Waals surface area contributed by atoms with Gasteiger partial charge in [0.2, 0.25) is 5.91 Å². The van der Waals surface area contributed by atoms with Crippen molar-refractivity contribution in [1.82, 2.24) is 4.90 Å². The first-order valence-electron chi connectivity index (χ1n) is 11.6. The third-order valence-electron chi connectivity index (χ3n) is 7.47. The first-order valence-corrected chi connectivity index (χ1v) is 11.6. The molecule has 3 rings (SSSR count). The molecule has 1 aromatic carbocycles. The molecule has 0 unspecified atom stereocenters. The fourth-order valence-corrected chi connectivity index (χ4v) is 4.97. The topological polar surface area (TPSA) is 69.6 Å². The molecule has 1 aliphatic carbocycles. The number of halogens is 4. The van der Waals surface area contributed by atoms with Crippen LogP contribution in [0.4, 0.5) is 23.2 Å². The van der Waals surface area contributed by atoms with Crippen molar-refractivity contribution in [3.63, 3.8) is 0 Å². The molecule has 1 heterocycles. The van der Waals surface area contributed by atoms with Gasteiger partial charge in [0, 0.05) is 0 Å². The zero-order valence-corrected chi connectivity index (χ0v) is 19.1. The molecule has 1 aliphatic heterocycles. The van der Waals surface area contributed by atoms with Crippen LogP contribution in [-0.2, 0) is 16.0 Å². The first kappa shape index (κ1) is 25.5. The maximum atomic E-state index is 14.5. The molecule has 2 N–H and O–H groups in total. The summed E-state index contributed by atoms with van der Waals surface area (Å²) in [5.74, 6) is -4.09. The second-order valence-corrected chi connectivity index (χ2v) is 9.58. The average Bonchev–Trinajstić information content (AvgIpc) is 2.72. The molecule has 2 aliphatic rings. The molecule has 1 aromatic rings. The monoisotopic (exact) mass is 472 g/mol. The number of nitrogens with one attached hydrogen (secondary N) is 1. The summed E-state index contributed by atoms with van der Waals surface area (Å²) in [6, 6.07) is 2.45. The molecule has 0 spiro atoms. The lowest BCUT2D eigenvalue weighted by atomic mass is 9.65. The van der Waals surface area contributed by atoms with Crippen molar-refractivity contribution in [2.45, 2.75) is 71.0 Å². The van der Waals surface area contributed by atoms with Crippen molar-refractivity contribution in [2.75, 3.05) is 18.4 Å². The quantitative estimate of drug-likeness (QED) is 0.507. The lowest BCUT2D eigenvalue weighted by Crippen LogP contribution is -2.54.